The van der Waals surface area contributed by atoms with Gasteiger partial charge in [-0.05, 0) is 24.1 Å². The van der Waals surface area contributed by atoms with E-state index in [4.69, 9.17) is 9.95 Å². The summed E-state index contributed by atoms with van der Waals surface area (Å²) in [7, 11) is 0. The summed E-state index contributed by atoms with van der Waals surface area (Å²) in [5.41, 5.74) is 8.29. The fourth-order valence-corrected chi connectivity index (χ4v) is 1.97. The SMILES string of the molecule is [N-]=[N+]=N[C@@H]1C[C@H](c2ccco2)[C@H](O)[C@@H]1O. The van der Waals surface area contributed by atoms with Crippen LogP contribution < -0.4 is 0 Å². The van der Waals surface area contributed by atoms with E-state index in [2.05, 4.69) is 10.0 Å². The summed E-state index contributed by atoms with van der Waals surface area (Å²) >= 11 is 0. The maximum absolute atomic E-state index is 9.73. The van der Waals surface area contributed by atoms with Gasteiger partial charge in [0, 0.05) is 10.8 Å². The van der Waals surface area contributed by atoms with Crippen LogP contribution in [-0.4, -0.2) is 28.5 Å². The molecule has 0 radical (unpaired) electrons. The maximum Gasteiger partial charge on any atom is 0.109 e. The molecule has 0 saturated heterocycles. The second-order valence-electron chi connectivity index (χ2n) is 3.61. The Morgan fingerprint density at radius 1 is 1.47 bits per heavy atom. The quantitative estimate of drug-likeness (QED) is 0.434. The highest BCUT2D eigenvalue weighted by atomic mass is 16.3. The molecule has 0 bridgehead atoms. The zero-order valence-corrected chi connectivity index (χ0v) is 7.89. The topological polar surface area (TPSA) is 102 Å². The highest BCUT2D eigenvalue weighted by Gasteiger charge is 2.42. The van der Waals surface area contributed by atoms with E-state index in [1.807, 2.05) is 0 Å². The largest absolute Gasteiger partial charge is 0.469 e. The molecule has 0 unspecified atom stereocenters. The second kappa shape index (κ2) is 3.94. The van der Waals surface area contributed by atoms with Crippen molar-refractivity contribution in [2.24, 2.45) is 5.11 Å². The molecule has 1 fully saturated rings. The van der Waals surface area contributed by atoms with E-state index in [1.165, 1.54) is 6.26 Å². The number of hydrogen-bond donors (Lipinski definition) is 2. The van der Waals surface area contributed by atoms with Crippen LogP contribution in [0.15, 0.2) is 27.9 Å². The number of rotatable bonds is 2. The third-order valence-electron chi connectivity index (χ3n) is 2.76. The van der Waals surface area contributed by atoms with Gasteiger partial charge in [0.05, 0.1) is 24.5 Å². The van der Waals surface area contributed by atoms with Crippen LogP contribution in [0.5, 0.6) is 0 Å². The molecule has 6 heteroatoms. The van der Waals surface area contributed by atoms with Gasteiger partial charge < -0.3 is 14.6 Å². The van der Waals surface area contributed by atoms with Crippen molar-refractivity contribution in [3.8, 4) is 0 Å². The molecule has 1 aromatic heterocycles. The predicted octanol–water partition coefficient (Wildman–Crippen LogP) is 1.17. The van der Waals surface area contributed by atoms with Crippen LogP contribution in [-0.2, 0) is 0 Å². The zero-order chi connectivity index (χ0) is 10.8. The van der Waals surface area contributed by atoms with Gasteiger partial charge >= 0.3 is 0 Å². The Hall–Kier alpha value is -1.49. The minimum Gasteiger partial charge on any atom is -0.469 e. The molecule has 2 rings (SSSR count). The van der Waals surface area contributed by atoms with Crippen molar-refractivity contribution in [1.29, 1.82) is 0 Å². The Morgan fingerprint density at radius 2 is 2.27 bits per heavy atom. The third kappa shape index (κ3) is 1.70. The first kappa shape index (κ1) is 10.0. The molecule has 6 nitrogen and oxygen atoms in total. The smallest absolute Gasteiger partial charge is 0.109 e. The fraction of sp³-hybridized carbons (Fsp3) is 0.556. The number of furan rings is 1. The molecule has 1 aliphatic carbocycles. The summed E-state index contributed by atoms with van der Waals surface area (Å²) in [5, 5.41) is 22.8. The summed E-state index contributed by atoms with van der Waals surface area (Å²) in [6.07, 6.45) is -0.0439. The van der Waals surface area contributed by atoms with Gasteiger partial charge in [0.15, 0.2) is 0 Å². The lowest BCUT2D eigenvalue weighted by molar-refractivity contribution is 0.0260. The molecule has 1 aromatic rings. The van der Waals surface area contributed by atoms with Crippen molar-refractivity contribution in [1.82, 2.24) is 0 Å². The summed E-state index contributed by atoms with van der Waals surface area (Å²) in [6, 6.07) is 2.87. The Balaban J connectivity index is 2.20. The van der Waals surface area contributed by atoms with Crippen LogP contribution in [0.4, 0.5) is 0 Å². The Kier molecular flexibility index (Phi) is 2.64. The summed E-state index contributed by atoms with van der Waals surface area (Å²) < 4.78 is 5.16. The van der Waals surface area contributed by atoms with Gasteiger partial charge in [-0.3, -0.25) is 0 Å². The highest BCUT2D eigenvalue weighted by molar-refractivity contribution is 5.14. The minimum atomic E-state index is -1.02. The molecule has 80 valence electrons. The monoisotopic (exact) mass is 209 g/mol. The lowest BCUT2D eigenvalue weighted by atomic mass is 10.0. The van der Waals surface area contributed by atoms with E-state index in [9.17, 15) is 10.2 Å². The molecular weight excluding hydrogens is 198 g/mol. The van der Waals surface area contributed by atoms with Gasteiger partial charge in [-0.1, -0.05) is 5.11 Å². The number of hydrogen-bond acceptors (Lipinski definition) is 4. The minimum absolute atomic E-state index is 0.300. The first-order chi connectivity index (χ1) is 7.24. The Morgan fingerprint density at radius 3 is 2.87 bits per heavy atom. The Bertz CT molecular complexity index is 372. The zero-order valence-electron chi connectivity index (χ0n) is 7.89. The summed E-state index contributed by atoms with van der Waals surface area (Å²) in [6.45, 7) is 0. The van der Waals surface area contributed by atoms with Crippen molar-refractivity contribution in [2.75, 3.05) is 0 Å². The molecule has 0 amide bonds. The van der Waals surface area contributed by atoms with Crippen LogP contribution in [0.25, 0.3) is 10.4 Å². The fourth-order valence-electron chi connectivity index (χ4n) is 1.97. The highest BCUT2D eigenvalue weighted by Crippen LogP contribution is 2.36. The first-order valence-electron chi connectivity index (χ1n) is 4.67. The first-order valence-corrected chi connectivity index (χ1v) is 4.67. The lowest BCUT2D eigenvalue weighted by Gasteiger charge is -2.13. The molecule has 1 heterocycles. The maximum atomic E-state index is 9.73. The summed E-state index contributed by atoms with van der Waals surface area (Å²) in [5.74, 6) is 0.308. The van der Waals surface area contributed by atoms with Crippen molar-refractivity contribution in [3.63, 3.8) is 0 Å². The molecule has 1 aliphatic rings. The van der Waals surface area contributed by atoms with E-state index in [-0.39, 0.29) is 5.92 Å². The van der Waals surface area contributed by atoms with Crippen LogP contribution >= 0.6 is 0 Å². The number of aliphatic hydroxyl groups is 2. The van der Waals surface area contributed by atoms with Crippen molar-refractivity contribution < 1.29 is 14.6 Å². The molecule has 15 heavy (non-hydrogen) atoms. The van der Waals surface area contributed by atoms with Crippen LogP contribution in [0, 0.1) is 0 Å². The number of azide groups is 1. The standard InChI is InChI=1S/C9H11N3O3/c10-12-11-6-4-5(8(13)9(6)14)7-2-1-3-15-7/h1-3,5-6,8-9,13-14H,4H2/t5-,6-,8+,9-/m1/s1. The van der Waals surface area contributed by atoms with Gasteiger partial charge in [0.25, 0.3) is 0 Å². The van der Waals surface area contributed by atoms with Gasteiger partial charge in [-0.15, -0.1) is 0 Å². The number of nitrogens with zero attached hydrogens (tertiary/aromatic N) is 3. The predicted molar refractivity (Wildman–Crippen MR) is 51.0 cm³/mol. The number of aliphatic hydroxyl groups excluding tert-OH is 2. The van der Waals surface area contributed by atoms with Crippen LogP contribution in [0.1, 0.15) is 18.1 Å². The van der Waals surface area contributed by atoms with Crippen LogP contribution in [0.3, 0.4) is 0 Å². The lowest BCUT2D eigenvalue weighted by Crippen LogP contribution is -2.28. The molecule has 2 N–H and O–H groups in total. The van der Waals surface area contributed by atoms with Gasteiger partial charge in [-0.25, -0.2) is 0 Å². The van der Waals surface area contributed by atoms with Crippen molar-refractivity contribution in [2.45, 2.75) is 30.6 Å². The van der Waals surface area contributed by atoms with E-state index in [0.29, 0.717) is 12.2 Å². The second-order valence-corrected chi connectivity index (χ2v) is 3.61. The van der Waals surface area contributed by atoms with Crippen molar-refractivity contribution in [3.05, 3.63) is 34.6 Å². The Labute approximate surface area is 85.8 Å². The molecular formula is C9H11N3O3. The van der Waals surface area contributed by atoms with Gasteiger partial charge in [-0.2, -0.15) is 0 Å². The van der Waals surface area contributed by atoms with Crippen LogP contribution in [0.2, 0.25) is 0 Å². The molecule has 0 spiro atoms. The van der Waals surface area contributed by atoms with E-state index < -0.39 is 18.2 Å². The normalized spacial score (nSPS) is 35.1. The van der Waals surface area contributed by atoms with Gasteiger partial charge in [0.2, 0.25) is 0 Å². The average molecular weight is 209 g/mol. The van der Waals surface area contributed by atoms with E-state index in [0.717, 1.165) is 0 Å². The molecule has 0 aromatic carbocycles. The summed E-state index contributed by atoms with van der Waals surface area (Å²) in [4.78, 5) is 2.64. The van der Waals surface area contributed by atoms with Crippen molar-refractivity contribution >= 4 is 0 Å². The third-order valence-corrected chi connectivity index (χ3v) is 2.76. The molecule has 0 aliphatic heterocycles. The molecule has 1 saturated carbocycles. The molecule has 4 atom stereocenters. The van der Waals surface area contributed by atoms with Gasteiger partial charge in [0.1, 0.15) is 5.76 Å². The van der Waals surface area contributed by atoms with E-state index >= 15 is 0 Å². The van der Waals surface area contributed by atoms with E-state index in [1.54, 1.807) is 12.1 Å². The average Bonchev–Trinajstić information content (AvgIpc) is 2.82.